The summed E-state index contributed by atoms with van der Waals surface area (Å²) in [6.07, 6.45) is 0.141. The molecule has 0 saturated heterocycles. The number of benzene rings is 2. The molecule has 0 aliphatic carbocycles. The Hall–Kier alpha value is -3.06. The van der Waals surface area contributed by atoms with Crippen LogP contribution in [0.5, 0.6) is 0 Å². The van der Waals surface area contributed by atoms with Crippen LogP contribution in [0, 0.1) is 0 Å². The highest BCUT2D eigenvalue weighted by atomic mass is 32.1. The molecule has 1 aliphatic rings. The highest BCUT2D eigenvalue weighted by molar-refractivity contribution is 7.15. The van der Waals surface area contributed by atoms with E-state index in [1.165, 1.54) is 11.3 Å². The van der Waals surface area contributed by atoms with Crippen molar-refractivity contribution < 1.29 is 14.3 Å². The van der Waals surface area contributed by atoms with E-state index >= 15 is 0 Å². The zero-order chi connectivity index (χ0) is 17.9. The third-order valence-electron chi connectivity index (χ3n) is 4.08. The first-order chi connectivity index (χ1) is 12.7. The van der Waals surface area contributed by atoms with Gasteiger partial charge in [0.05, 0.1) is 5.56 Å². The first-order valence-electron chi connectivity index (χ1n) is 8.15. The van der Waals surface area contributed by atoms with Gasteiger partial charge in [-0.3, -0.25) is 10.1 Å². The Kier molecular flexibility index (Phi) is 4.45. The molecule has 0 spiro atoms. The number of amides is 1. The van der Waals surface area contributed by atoms with E-state index in [4.69, 9.17) is 4.74 Å². The summed E-state index contributed by atoms with van der Waals surface area (Å²) in [6.45, 7) is 0. The number of carbonyl (C=O) groups excluding carboxylic acids is 2. The van der Waals surface area contributed by atoms with Crippen molar-refractivity contribution in [3.63, 3.8) is 0 Å². The third kappa shape index (κ3) is 3.48. The number of aromatic nitrogens is 2. The first kappa shape index (κ1) is 16.4. The molecular weight excluding hydrogens is 350 g/mol. The summed E-state index contributed by atoms with van der Waals surface area (Å²) in [5.74, 6) is -0.871. The van der Waals surface area contributed by atoms with Crippen LogP contribution in [0.3, 0.4) is 0 Å². The van der Waals surface area contributed by atoms with Crippen molar-refractivity contribution in [3.8, 4) is 0 Å². The number of hydrogen-bond acceptors (Lipinski definition) is 6. The van der Waals surface area contributed by atoms with Crippen LogP contribution in [0.2, 0.25) is 0 Å². The average molecular weight is 365 g/mol. The van der Waals surface area contributed by atoms with Crippen LogP contribution >= 0.6 is 11.3 Å². The number of ether oxygens (including phenoxy) is 1. The Morgan fingerprint density at radius 2 is 1.88 bits per heavy atom. The lowest BCUT2D eigenvalue weighted by Gasteiger charge is -2.23. The van der Waals surface area contributed by atoms with Gasteiger partial charge in [-0.15, -0.1) is 10.2 Å². The monoisotopic (exact) mass is 365 g/mol. The summed E-state index contributed by atoms with van der Waals surface area (Å²) in [5, 5.41) is 12.0. The average Bonchev–Trinajstić information content (AvgIpc) is 3.09. The van der Waals surface area contributed by atoms with E-state index in [0.717, 1.165) is 16.1 Å². The van der Waals surface area contributed by atoms with Crippen molar-refractivity contribution in [2.75, 3.05) is 5.32 Å². The molecule has 7 heteroatoms. The molecule has 0 radical (unpaired) electrons. The molecule has 130 valence electrons. The zero-order valence-corrected chi connectivity index (χ0v) is 14.5. The summed E-state index contributed by atoms with van der Waals surface area (Å²) >= 11 is 1.31. The number of hydrogen-bond donors (Lipinski definition) is 1. The van der Waals surface area contributed by atoms with Crippen molar-refractivity contribution in [2.24, 2.45) is 0 Å². The predicted molar refractivity (Wildman–Crippen MR) is 97.1 cm³/mol. The van der Waals surface area contributed by atoms with Gasteiger partial charge >= 0.3 is 5.97 Å². The lowest BCUT2D eigenvalue weighted by Crippen LogP contribution is -2.37. The Labute approximate surface area is 153 Å². The van der Waals surface area contributed by atoms with E-state index in [0.29, 0.717) is 23.5 Å². The van der Waals surface area contributed by atoms with Crippen molar-refractivity contribution >= 4 is 28.3 Å². The number of nitrogens with zero attached hydrogens (tertiary/aromatic N) is 2. The molecule has 1 N–H and O–H groups in total. The minimum atomic E-state index is -0.862. The smallest absolute Gasteiger partial charge is 0.339 e. The number of esters is 1. The molecule has 1 unspecified atom stereocenters. The second-order valence-electron chi connectivity index (χ2n) is 5.91. The van der Waals surface area contributed by atoms with Crippen molar-refractivity contribution in [1.82, 2.24) is 10.2 Å². The molecule has 0 fully saturated rings. The maximum absolute atomic E-state index is 12.4. The first-order valence-corrected chi connectivity index (χ1v) is 8.97. The van der Waals surface area contributed by atoms with Gasteiger partial charge < -0.3 is 4.74 Å². The second kappa shape index (κ2) is 7.05. The molecule has 1 aromatic heterocycles. The largest absolute Gasteiger partial charge is 0.448 e. The van der Waals surface area contributed by atoms with Gasteiger partial charge in [0.15, 0.2) is 6.10 Å². The van der Waals surface area contributed by atoms with Gasteiger partial charge in [0.2, 0.25) is 5.13 Å². The summed E-state index contributed by atoms with van der Waals surface area (Å²) in [5.41, 5.74) is 2.45. The summed E-state index contributed by atoms with van der Waals surface area (Å²) in [6, 6.07) is 17.1. The number of rotatable bonds is 4. The van der Waals surface area contributed by atoms with Gasteiger partial charge in [0.1, 0.15) is 5.01 Å². The molecule has 0 saturated carbocycles. The summed E-state index contributed by atoms with van der Waals surface area (Å²) in [7, 11) is 0. The number of cyclic esters (lactones) is 1. The van der Waals surface area contributed by atoms with E-state index in [2.05, 4.69) is 15.5 Å². The van der Waals surface area contributed by atoms with Crippen molar-refractivity contribution in [1.29, 1.82) is 0 Å². The lowest BCUT2D eigenvalue weighted by atomic mass is 9.98. The fourth-order valence-corrected chi connectivity index (χ4v) is 3.59. The molecule has 4 rings (SSSR count). The number of fused-ring (bicyclic) bond motifs is 1. The third-order valence-corrected chi connectivity index (χ3v) is 4.92. The molecule has 1 amide bonds. The fourth-order valence-electron chi connectivity index (χ4n) is 2.81. The summed E-state index contributed by atoms with van der Waals surface area (Å²) in [4.78, 5) is 24.5. The standard InChI is InChI=1S/C19H15N3O3S/c23-17(15-11-13-8-4-5-9-14(13)18(24)25-15)20-19-22-21-16(26-19)10-12-6-2-1-3-7-12/h1-9,15H,10-11H2,(H,20,22,23). The van der Waals surface area contributed by atoms with Crippen LogP contribution in [0.15, 0.2) is 54.6 Å². The second-order valence-corrected chi connectivity index (χ2v) is 6.97. The molecule has 3 aromatic rings. The normalized spacial score (nSPS) is 15.8. The maximum Gasteiger partial charge on any atom is 0.339 e. The van der Waals surface area contributed by atoms with Gasteiger partial charge in [-0.1, -0.05) is 59.9 Å². The van der Waals surface area contributed by atoms with Gasteiger partial charge in [-0.25, -0.2) is 4.79 Å². The highest BCUT2D eigenvalue weighted by Crippen LogP contribution is 2.23. The Morgan fingerprint density at radius 3 is 2.73 bits per heavy atom. The van der Waals surface area contributed by atoms with Gasteiger partial charge in [0.25, 0.3) is 5.91 Å². The predicted octanol–water partition coefficient (Wildman–Crippen LogP) is 2.85. The van der Waals surface area contributed by atoms with Gasteiger partial charge in [-0.05, 0) is 17.2 Å². The minimum Gasteiger partial charge on any atom is -0.448 e. The van der Waals surface area contributed by atoms with E-state index in [1.54, 1.807) is 12.1 Å². The molecular formula is C19H15N3O3S. The fraction of sp³-hybridized carbons (Fsp3) is 0.158. The van der Waals surface area contributed by atoms with E-state index in [9.17, 15) is 9.59 Å². The topological polar surface area (TPSA) is 81.2 Å². The molecule has 2 aromatic carbocycles. The van der Waals surface area contributed by atoms with Crippen LogP contribution in [-0.2, 0) is 22.4 Å². The Bertz CT molecular complexity index is 955. The maximum atomic E-state index is 12.4. The van der Waals surface area contributed by atoms with Crippen LogP contribution in [0.25, 0.3) is 0 Å². The van der Waals surface area contributed by atoms with Gasteiger partial charge in [0, 0.05) is 12.8 Å². The van der Waals surface area contributed by atoms with E-state index in [-0.39, 0.29) is 0 Å². The lowest BCUT2D eigenvalue weighted by molar-refractivity contribution is -0.125. The zero-order valence-electron chi connectivity index (χ0n) is 13.7. The quantitative estimate of drug-likeness (QED) is 0.719. The highest BCUT2D eigenvalue weighted by Gasteiger charge is 2.31. The Balaban J connectivity index is 1.42. The minimum absolute atomic E-state index is 0.351. The van der Waals surface area contributed by atoms with Crippen LogP contribution < -0.4 is 5.32 Å². The van der Waals surface area contributed by atoms with Crippen LogP contribution in [0.4, 0.5) is 5.13 Å². The SMILES string of the molecule is O=C1OC(C(=O)Nc2nnc(Cc3ccccc3)s2)Cc2ccccc21. The molecule has 1 aliphatic heterocycles. The molecule has 1 atom stereocenters. The molecule has 2 heterocycles. The summed E-state index contributed by atoms with van der Waals surface area (Å²) < 4.78 is 5.25. The van der Waals surface area contributed by atoms with Crippen LogP contribution in [0.1, 0.15) is 26.5 Å². The van der Waals surface area contributed by atoms with E-state index < -0.39 is 18.0 Å². The number of nitrogens with one attached hydrogen (secondary N) is 1. The van der Waals surface area contributed by atoms with Gasteiger partial charge in [-0.2, -0.15) is 0 Å². The number of carbonyl (C=O) groups is 2. The molecule has 0 bridgehead atoms. The Morgan fingerprint density at radius 1 is 1.12 bits per heavy atom. The van der Waals surface area contributed by atoms with Crippen molar-refractivity contribution in [3.05, 3.63) is 76.3 Å². The van der Waals surface area contributed by atoms with Crippen LogP contribution in [-0.4, -0.2) is 28.2 Å². The number of anilines is 1. The molecule has 26 heavy (non-hydrogen) atoms. The molecule has 6 nitrogen and oxygen atoms in total. The van der Waals surface area contributed by atoms with E-state index in [1.807, 2.05) is 42.5 Å². The van der Waals surface area contributed by atoms with Crippen molar-refractivity contribution in [2.45, 2.75) is 18.9 Å².